The third-order valence-corrected chi connectivity index (χ3v) is 4.16. The number of benzene rings is 2. The molecule has 27 heavy (non-hydrogen) atoms. The van der Waals surface area contributed by atoms with E-state index in [0.29, 0.717) is 12.8 Å². The molecule has 0 aliphatic rings. The minimum Gasteiger partial charge on any atom is -0.368 e. The molecule has 0 radical (unpaired) electrons. The molecular formula is C21H25N3O3. The van der Waals surface area contributed by atoms with Crippen LogP contribution in [-0.2, 0) is 27.2 Å². The first-order chi connectivity index (χ1) is 12.8. The van der Waals surface area contributed by atoms with Crippen molar-refractivity contribution in [2.45, 2.75) is 38.8 Å². The summed E-state index contributed by atoms with van der Waals surface area (Å²) in [5.74, 6) is -1.38. The summed E-state index contributed by atoms with van der Waals surface area (Å²) >= 11 is 0. The average molecular weight is 367 g/mol. The second kappa shape index (κ2) is 9.52. The molecule has 0 heterocycles. The van der Waals surface area contributed by atoms with E-state index in [4.69, 9.17) is 5.73 Å². The Labute approximate surface area is 159 Å². The van der Waals surface area contributed by atoms with Crippen LogP contribution in [0.5, 0.6) is 0 Å². The van der Waals surface area contributed by atoms with Crippen LogP contribution in [0.3, 0.4) is 0 Å². The van der Waals surface area contributed by atoms with E-state index in [0.717, 1.165) is 16.7 Å². The number of hydrogen-bond acceptors (Lipinski definition) is 3. The van der Waals surface area contributed by atoms with E-state index in [1.54, 1.807) is 0 Å². The van der Waals surface area contributed by atoms with Gasteiger partial charge in [0.2, 0.25) is 17.7 Å². The Balaban J connectivity index is 2.11. The van der Waals surface area contributed by atoms with Crippen molar-refractivity contribution < 1.29 is 14.4 Å². The summed E-state index contributed by atoms with van der Waals surface area (Å²) in [7, 11) is 0. The van der Waals surface area contributed by atoms with E-state index in [2.05, 4.69) is 10.6 Å². The van der Waals surface area contributed by atoms with Gasteiger partial charge in [0.25, 0.3) is 0 Å². The van der Waals surface area contributed by atoms with Crippen molar-refractivity contribution in [3.63, 3.8) is 0 Å². The summed E-state index contributed by atoms with van der Waals surface area (Å²) < 4.78 is 0. The first-order valence-corrected chi connectivity index (χ1v) is 8.81. The first kappa shape index (κ1) is 20.2. The lowest BCUT2D eigenvalue weighted by molar-refractivity contribution is -0.130. The fraction of sp³-hybridized carbons (Fsp3) is 0.286. The topological polar surface area (TPSA) is 101 Å². The van der Waals surface area contributed by atoms with Crippen molar-refractivity contribution >= 4 is 17.7 Å². The normalized spacial score (nSPS) is 12.7. The third-order valence-electron chi connectivity index (χ3n) is 4.16. The second-order valence-electron chi connectivity index (χ2n) is 6.60. The van der Waals surface area contributed by atoms with Crippen molar-refractivity contribution in [2.24, 2.45) is 5.73 Å². The number of nitrogens with two attached hydrogens (primary N) is 1. The van der Waals surface area contributed by atoms with Gasteiger partial charge in [-0.1, -0.05) is 60.2 Å². The second-order valence-corrected chi connectivity index (χ2v) is 6.60. The number of primary amides is 1. The highest BCUT2D eigenvalue weighted by atomic mass is 16.2. The van der Waals surface area contributed by atoms with E-state index in [1.165, 1.54) is 6.92 Å². The summed E-state index contributed by atoms with van der Waals surface area (Å²) in [5, 5.41) is 5.32. The smallest absolute Gasteiger partial charge is 0.243 e. The lowest BCUT2D eigenvalue weighted by Crippen LogP contribution is -2.54. The molecule has 6 nitrogen and oxygen atoms in total. The van der Waals surface area contributed by atoms with E-state index in [1.807, 2.05) is 61.5 Å². The Hall–Kier alpha value is -3.15. The molecule has 142 valence electrons. The van der Waals surface area contributed by atoms with Crippen LogP contribution >= 0.6 is 0 Å². The van der Waals surface area contributed by atoms with Crippen molar-refractivity contribution in [3.8, 4) is 0 Å². The van der Waals surface area contributed by atoms with E-state index in [9.17, 15) is 14.4 Å². The molecule has 0 aromatic heterocycles. The van der Waals surface area contributed by atoms with Gasteiger partial charge in [-0.3, -0.25) is 14.4 Å². The molecule has 0 aliphatic heterocycles. The van der Waals surface area contributed by atoms with Crippen LogP contribution in [0.1, 0.15) is 23.6 Å². The van der Waals surface area contributed by atoms with E-state index in [-0.39, 0.29) is 5.91 Å². The lowest BCUT2D eigenvalue weighted by atomic mass is 10.0. The van der Waals surface area contributed by atoms with Gasteiger partial charge in [0.05, 0.1) is 0 Å². The molecule has 2 rings (SSSR count). The van der Waals surface area contributed by atoms with Gasteiger partial charge in [0.15, 0.2) is 0 Å². The Bertz CT molecular complexity index is 805. The van der Waals surface area contributed by atoms with Crippen molar-refractivity contribution in [3.05, 3.63) is 71.3 Å². The molecule has 2 atom stereocenters. The first-order valence-electron chi connectivity index (χ1n) is 8.81. The van der Waals surface area contributed by atoms with Gasteiger partial charge in [-0.25, -0.2) is 0 Å². The van der Waals surface area contributed by atoms with E-state index < -0.39 is 23.9 Å². The maximum Gasteiger partial charge on any atom is 0.243 e. The molecule has 0 bridgehead atoms. The summed E-state index contributed by atoms with van der Waals surface area (Å²) in [6.45, 7) is 3.30. The fourth-order valence-electron chi connectivity index (χ4n) is 2.87. The minimum atomic E-state index is -0.855. The average Bonchev–Trinajstić information content (AvgIpc) is 2.61. The zero-order valence-corrected chi connectivity index (χ0v) is 15.6. The molecule has 0 aliphatic carbocycles. The zero-order valence-electron chi connectivity index (χ0n) is 15.6. The number of rotatable bonds is 8. The number of nitrogens with one attached hydrogen (secondary N) is 2. The summed E-state index contributed by atoms with van der Waals surface area (Å²) in [6, 6.07) is 15.4. The molecule has 0 spiro atoms. The van der Waals surface area contributed by atoms with Crippen LogP contribution in [0.2, 0.25) is 0 Å². The van der Waals surface area contributed by atoms with Gasteiger partial charge in [-0.2, -0.15) is 0 Å². The molecule has 2 aromatic rings. The highest BCUT2D eigenvalue weighted by Crippen LogP contribution is 2.08. The molecule has 0 saturated carbocycles. The number of hydrogen-bond donors (Lipinski definition) is 3. The van der Waals surface area contributed by atoms with Gasteiger partial charge in [0, 0.05) is 19.8 Å². The third kappa shape index (κ3) is 6.58. The van der Waals surface area contributed by atoms with Gasteiger partial charge < -0.3 is 16.4 Å². The Morgan fingerprint density at radius 2 is 1.52 bits per heavy atom. The molecule has 3 amide bonds. The molecule has 0 unspecified atom stereocenters. The van der Waals surface area contributed by atoms with Gasteiger partial charge in [-0.05, 0) is 18.1 Å². The predicted molar refractivity (Wildman–Crippen MR) is 104 cm³/mol. The molecule has 0 saturated heterocycles. The molecule has 2 aromatic carbocycles. The Morgan fingerprint density at radius 3 is 2.11 bits per heavy atom. The number of aryl methyl sites for hydroxylation is 1. The number of amides is 3. The van der Waals surface area contributed by atoms with Crippen LogP contribution in [0.4, 0.5) is 0 Å². The van der Waals surface area contributed by atoms with Crippen LogP contribution in [0.15, 0.2) is 54.6 Å². The molecule has 4 N–H and O–H groups in total. The standard InChI is InChI=1S/C21H25N3O3/c1-14-7-6-10-17(11-14)13-18(20(22)26)24-21(27)19(23-15(2)25)12-16-8-4-3-5-9-16/h3-11,18-19H,12-13H2,1-2H3,(H2,22,26)(H,23,25)(H,24,27)/t18-,19+/m0/s1. The SMILES string of the molecule is CC(=O)N[C@H](Cc1ccccc1)C(=O)N[C@@H](Cc1cccc(C)c1)C(N)=O. The van der Waals surface area contributed by atoms with Crippen LogP contribution in [-0.4, -0.2) is 29.8 Å². The molecule has 6 heteroatoms. The predicted octanol–water partition coefficient (Wildman–Crippen LogP) is 1.26. The van der Waals surface area contributed by atoms with Crippen LogP contribution in [0.25, 0.3) is 0 Å². The quantitative estimate of drug-likeness (QED) is 0.654. The van der Waals surface area contributed by atoms with Gasteiger partial charge >= 0.3 is 0 Å². The molecular weight excluding hydrogens is 342 g/mol. The monoisotopic (exact) mass is 367 g/mol. The maximum atomic E-state index is 12.7. The van der Waals surface area contributed by atoms with Crippen LogP contribution in [0, 0.1) is 6.92 Å². The summed E-state index contributed by atoms with van der Waals surface area (Å²) in [4.78, 5) is 36.1. The highest BCUT2D eigenvalue weighted by molar-refractivity contribution is 5.91. The molecule has 0 fully saturated rings. The van der Waals surface area contributed by atoms with Crippen molar-refractivity contribution in [1.82, 2.24) is 10.6 Å². The van der Waals surface area contributed by atoms with E-state index >= 15 is 0 Å². The number of carbonyl (C=O) groups is 3. The lowest BCUT2D eigenvalue weighted by Gasteiger charge is -2.22. The largest absolute Gasteiger partial charge is 0.368 e. The van der Waals surface area contributed by atoms with Crippen molar-refractivity contribution in [2.75, 3.05) is 0 Å². The van der Waals surface area contributed by atoms with Gasteiger partial charge in [-0.15, -0.1) is 0 Å². The number of carbonyl (C=O) groups excluding carboxylic acids is 3. The Morgan fingerprint density at radius 1 is 0.889 bits per heavy atom. The van der Waals surface area contributed by atoms with Crippen molar-refractivity contribution in [1.29, 1.82) is 0 Å². The van der Waals surface area contributed by atoms with Gasteiger partial charge in [0.1, 0.15) is 12.1 Å². The summed E-state index contributed by atoms with van der Waals surface area (Å²) in [6.07, 6.45) is 0.614. The van der Waals surface area contributed by atoms with Crippen LogP contribution < -0.4 is 16.4 Å². The summed E-state index contributed by atoms with van der Waals surface area (Å²) in [5.41, 5.74) is 8.35. The maximum absolute atomic E-state index is 12.7. The zero-order chi connectivity index (χ0) is 19.8. The Kier molecular flexibility index (Phi) is 7.11. The highest BCUT2D eigenvalue weighted by Gasteiger charge is 2.25. The fourth-order valence-corrected chi connectivity index (χ4v) is 2.87. The minimum absolute atomic E-state index is 0.293.